The molecule has 0 aliphatic heterocycles. The number of amidine groups is 1. The zero-order valence-electron chi connectivity index (χ0n) is 10.5. The molecule has 1 aromatic heterocycles. The molecule has 0 fully saturated rings. The van der Waals surface area contributed by atoms with E-state index in [-0.39, 0.29) is 11.9 Å². The molecule has 6 nitrogen and oxygen atoms in total. The summed E-state index contributed by atoms with van der Waals surface area (Å²) >= 11 is 0. The van der Waals surface area contributed by atoms with Crippen molar-refractivity contribution in [2.75, 3.05) is 11.4 Å². The molecule has 0 radical (unpaired) electrons. The predicted molar refractivity (Wildman–Crippen MR) is 67.3 cm³/mol. The molecule has 3 N–H and O–H groups in total. The van der Waals surface area contributed by atoms with Gasteiger partial charge in [0.2, 0.25) is 5.95 Å². The summed E-state index contributed by atoms with van der Waals surface area (Å²) in [5.41, 5.74) is 6.48. The summed E-state index contributed by atoms with van der Waals surface area (Å²) in [5.74, 6) is 0.874. The number of anilines is 1. The monoisotopic (exact) mass is 237 g/mol. The van der Waals surface area contributed by atoms with Crippen molar-refractivity contribution in [3.05, 3.63) is 18.0 Å². The normalized spacial score (nSPS) is 11.9. The zero-order valence-corrected chi connectivity index (χ0v) is 10.5. The van der Waals surface area contributed by atoms with Gasteiger partial charge >= 0.3 is 0 Å². The van der Waals surface area contributed by atoms with Gasteiger partial charge in [0.15, 0.2) is 0 Å². The minimum Gasteiger partial charge on any atom is -0.409 e. The first kappa shape index (κ1) is 13.2. The topological polar surface area (TPSA) is 87.6 Å². The molecule has 0 aliphatic carbocycles. The first-order valence-corrected chi connectivity index (χ1v) is 5.56. The van der Waals surface area contributed by atoms with Gasteiger partial charge in [0, 0.05) is 31.4 Å². The van der Waals surface area contributed by atoms with Gasteiger partial charge in [-0.15, -0.1) is 0 Å². The summed E-state index contributed by atoms with van der Waals surface area (Å²) in [6.45, 7) is 6.67. The van der Waals surface area contributed by atoms with E-state index >= 15 is 0 Å². The molecule has 0 saturated heterocycles. The lowest BCUT2D eigenvalue weighted by Gasteiger charge is -2.26. The number of hydrogen-bond donors (Lipinski definition) is 2. The lowest BCUT2D eigenvalue weighted by atomic mass is 10.3. The van der Waals surface area contributed by atoms with E-state index in [0.717, 1.165) is 5.56 Å². The lowest BCUT2D eigenvalue weighted by molar-refractivity contribution is 0.317. The van der Waals surface area contributed by atoms with E-state index in [9.17, 15) is 0 Å². The van der Waals surface area contributed by atoms with Crippen LogP contribution in [0.25, 0.3) is 0 Å². The van der Waals surface area contributed by atoms with Gasteiger partial charge in [-0.25, -0.2) is 9.97 Å². The number of aromatic nitrogens is 2. The Balaban J connectivity index is 2.75. The van der Waals surface area contributed by atoms with Crippen molar-refractivity contribution >= 4 is 11.8 Å². The molecular weight excluding hydrogens is 218 g/mol. The Morgan fingerprint density at radius 3 is 2.53 bits per heavy atom. The molecule has 0 aliphatic rings. The maximum absolute atomic E-state index is 8.51. The van der Waals surface area contributed by atoms with Crippen molar-refractivity contribution in [2.45, 2.75) is 33.2 Å². The molecule has 0 bridgehead atoms. The van der Waals surface area contributed by atoms with Gasteiger partial charge in [0.05, 0.1) is 0 Å². The van der Waals surface area contributed by atoms with Crippen molar-refractivity contribution in [1.29, 1.82) is 0 Å². The summed E-state index contributed by atoms with van der Waals surface area (Å²) in [6, 6.07) is 0.254. The maximum Gasteiger partial charge on any atom is 0.225 e. The lowest BCUT2D eigenvalue weighted by Crippen LogP contribution is -2.35. The molecule has 0 amide bonds. The number of aryl methyl sites for hydroxylation is 1. The van der Waals surface area contributed by atoms with Crippen LogP contribution in [0.15, 0.2) is 17.5 Å². The largest absolute Gasteiger partial charge is 0.409 e. The van der Waals surface area contributed by atoms with Crippen LogP contribution < -0.4 is 10.6 Å². The fraction of sp³-hybridized carbons (Fsp3) is 0.545. The highest BCUT2D eigenvalue weighted by atomic mass is 16.4. The Labute approximate surface area is 101 Å². The quantitative estimate of drug-likeness (QED) is 0.347. The summed E-state index contributed by atoms with van der Waals surface area (Å²) in [6.07, 6.45) is 4.04. The first-order chi connectivity index (χ1) is 8.04. The van der Waals surface area contributed by atoms with E-state index in [1.807, 2.05) is 11.8 Å². The summed E-state index contributed by atoms with van der Waals surface area (Å²) in [7, 11) is 0. The predicted octanol–water partition coefficient (Wildman–Crippen LogP) is 1.14. The minimum absolute atomic E-state index is 0.211. The minimum atomic E-state index is 0.211. The summed E-state index contributed by atoms with van der Waals surface area (Å²) < 4.78 is 0. The van der Waals surface area contributed by atoms with Gasteiger partial charge < -0.3 is 15.8 Å². The smallest absolute Gasteiger partial charge is 0.225 e. The van der Waals surface area contributed by atoms with E-state index in [1.165, 1.54) is 0 Å². The Hall–Kier alpha value is -1.85. The molecule has 0 unspecified atom stereocenters. The van der Waals surface area contributed by atoms with E-state index in [1.54, 1.807) is 12.4 Å². The van der Waals surface area contributed by atoms with Gasteiger partial charge in [-0.3, -0.25) is 0 Å². The Bertz CT molecular complexity index is 374. The molecule has 1 rings (SSSR count). The van der Waals surface area contributed by atoms with Gasteiger partial charge in [-0.2, -0.15) is 0 Å². The van der Waals surface area contributed by atoms with Gasteiger partial charge in [-0.1, -0.05) is 5.16 Å². The second-order valence-electron chi connectivity index (χ2n) is 4.19. The highest BCUT2D eigenvalue weighted by molar-refractivity contribution is 5.80. The second-order valence-corrected chi connectivity index (χ2v) is 4.19. The van der Waals surface area contributed by atoms with Crippen molar-refractivity contribution in [2.24, 2.45) is 10.9 Å². The third-order valence-electron chi connectivity index (χ3n) is 2.38. The van der Waals surface area contributed by atoms with Crippen molar-refractivity contribution < 1.29 is 5.21 Å². The molecule has 1 heterocycles. The maximum atomic E-state index is 8.51. The number of rotatable bonds is 5. The first-order valence-electron chi connectivity index (χ1n) is 5.56. The Kier molecular flexibility index (Phi) is 4.68. The average Bonchev–Trinajstić information content (AvgIpc) is 2.31. The summed E-state index contributed by atoms with van der Waals surface area (Å²) in [4.78, 5) is 10.6. The molecular formula is C11H19N5O. The zero-order chi connectivity index (χ0) is 12.8. The molecule has 0 atom stereocenters. The average molecular weight is 237 g/mol. The van der Waals surface area contributed by atoms with Crippen LogP contribution in [-0.2, 0) is 0 Å². The van der Waals surface area contributed by atoms with E-state index < -0.39 is 0 Å². The van der Waals surface area contributed by atoms with Crippen molar-refractivity contribution in [1.82, 2.24) is 9.97 Å². The highest BCUT2D eigenvalue weighted by Gasteiger charge is 2.13. The Morgan fingerprint density at radius 2 is 2.06 bits per heavy atom. The molecule has 94 valence electrons. The molecule has 6 heteroatoms. The van der Waals surface area contributed by atoms with E-state index in [2.05, 4.69) is 29.0 Å². The van der Waals surface area contributed by atoms with Crippen LogP contribution >= 0.6 is 0 Å². The standard InChI is InChI=1S/C11H19N5O/c1-8(2)16(5-4-10(12)15-17)11-13-6-9(3)7-14-11/h6-8,17H,4-5H2,1-3H3,(H2,12,15). The number of nitrogens with two attached hydrogens (primary N) is 1. The number of hydrogen-bond acceptors (Lipinski definition) is 5. The van der Waals surface area contributed by atoms with Crippen molar-refractivity contribution in [3.8, 4) is 0 Å². The second kappa shape index (κ2) is 6.03. The van der Waals surface area contributed by atoms with Crippen LogP contribution in [0.3, 0.4) is 0 Å². The SMILES string of the molecule is Cc1cnc(N(CCC(N)=NO)C(C)C)nc1. The number of nitrogens with zero attached hydrogens (tertiary/aromatic N) is 4. The highest BCUT2D eigenvalue weighted by Crippen LogP contribution is 2.11. The van der Waals surface area contributed by atoms with Crippen molar-refractivity contribution in [3.63, 3.8) is 0 Å². The summed E-state index contributed by atoms with van der Waals surface area (Å²) in [5, 5.41) is 11.5. The Morgan fingerprint density at radius 1 is 1.47 bits per heavy atom. The van der Waals surface area contributed by atoms with Crippen LogP contribution in [-0.4, -0.2) is 33.6 Å². The van der Waals surface area contributed by atoms with Gasteiger partial charge in [-0.05, 0) is 26.3 Å². The van der Waals surface area contributed by atoms with Crippen LogP contribution in [0.5, 0.6) is 0 Å². The fourth-order valence-electron chi connectivity index (χ4n) is 1.41. The van der Waals surface area contributed by atoms with E-state index in [0.29, 0.717) is 18.9 Å². The third-order valence-corrected chi connectivity index (χ3v) is 2.38. The molecule has 0 spiro atoms. The van der Waals surface area contributed by atoms with Crippen LogP contribution in [0, 0.1) is 6.92 Å². The van der Waals surface area contributed by atoms with E-state index in [4.69, 9.17) is 10.9 Å². The van der Waals surface area contributed by atoms with Crippen LogP contribution in [0.1, 0.15) is 25.8 Å². The van der Waals surface area contributed by atoms with Gasteiger partial charge in [0.1, 0.15) is 5.84 Å². The molecule has 17 heavy (non-hydrogen) atoms. The van der Waals surface area contributed by atoms with Crippen LogP contribution in [0.4, 0.5) is 5.95 Å². The van der Waals surface area contributed by atoms with Crippen LogP contribution in [0.2, 0.25) is 0 Å². The molecule has 0 aromatic carbocycles. The van der Waals surface area contributed by atoms with Gasteiger partial charge in [0.25, 0.3) is 0 Å². The number of oxime groups is 1. The third kappa shape index (κ3) is 3.90. The molecule has 1 aromatic rings. The molecule has 0 saturated carbocycles. The fourth-order valence-corrected chi connectivity index (χ4v) is 1.41.